The van der Waals surface area contributed by atoms with Crippen molar-refractivity contribution >= 4 is 41.5 Å². The Morgan fingerprint density at radius 3 is 1.83 bits per heavy atom. The first-order chi connectivity index (χ1) is 8.12. The third kappa shape index (κ3) is 5.57. The molecule has 0 N–H and O–H groups in total. The number of Topliss-reactive ketones (excluding diaryl/α,β-unsaturated/α-hetero) is 1. The van der Waals surface area contributed by atoms with Crippen LogP contribution in [-0.4, -0.2) is 41.5 Å². The lowest BCUT2D eigenvalue weighted by Crippen LogP contribution is -2.56. The van der Waals surface area contributed by atoms with Crippen LogP contribution in [0.25, 0.3) is 0 Å². The summed E-state index contributed by atoms with van der Waals surface area (Å²) in [5.74, 6) is 0.179. The Morgan fingerprint density at radius 2 is 1.44 bits per heavy atom. The highest BCUT2D eigenvalue weighted by molar-refractivity contribution is 6.84. The molecule has 0 radical (unpaired) electrons. The first-order valence-electron chi connectivity index (χ1n) is 6.33. The summed E-state index contributed by atoms with van der Waals surface area (Å²) in [6, 6.07) is 0.700. The summed E-state index contributed by atoms with van der Waals surface area (Å²) in [6.07, 6.45) is 0.520. The van der Waals surface area contributed by atoms with E-state index in [1.54, 1.807) is 6.92 Å². The van der Waals surface area contributed by atoms with Crippen molar-refractivity contribution in [1.29, 1.82) is 0 Å². The van der Waals surface area contributed by atoms with Crippen molar-refractivity contribution in [3.05, 3.63) is 0 Å². The molecule has 1 aliphatic rings. The van der Waals surface area contributed by atoms with E-state index in [-0.39, 0.29) is 5.78 Å². The van der Waals surface area contributed by atoms with E-state index in [1.807, 2.05) is 32.7 Å². The largest absolute Gasteiger partial charge is 0.418 e. The molecule has 18 heavy (non-hydrogen) atoms. The molecule has 0 aromatic rings. The van der Waals surface area contributed by atoms with Crippen LogP contribution in [0.3, 0.4) is 0 Å². The van der Waals surface area contributed by atoms with Gasteiger partial charge in [0, 0.05) is 6.42 Å². The van der Waals surface area contributed by atoms with Crippen molar-refractivity contribution in [1.82, 2.24) is 0 Å². The van der Waals surface area contributed by atoms with Crippen LogP contribution in [0.5, 0.6) is 0 Å². The lowest BCUT2D eigenvalue weighted by atomic mass is 10.4. The zero-order chi connectivity index (χ0) is 14.0. The summed E-state index contributed by atoms with van der Waals surface area (Å²) in [4.78, 5) is 11.1. The molecule has 0 aliphatic carbocycles. The molecular formula is C9H24O5Si4. The van der Waals surface area contributed by atoms with E-state index in [1.165, 1.54) is 0 Å². The van der Waals surface area contributed by atoms with Crippen molar-refractivity contribution in [3.63, 3.8) is 0 Å². The van der Waals surface area contributed by atoms with E-state index in [9.17, 15) is 4.79 Å². The predicted octanol–water partition coefficient (Wildman–Crippen LogP) is 1.52. The topological polar surface area (TPSA) is 54.0 Å². The Balaban J connectivity index is 2.72. The summed E-state index contributed by atoms with van der Waals surface area (Å²) < 4.78 is 24.2. The second-order valence-corrected chi connectivity index (χ2v) is 17.0. The molecule has 1 aliphatic heterocycles. The van der Waals surface area contributed by atoms with Crippen molar-refractivity contribution in [2.24, 2.45) is 0 Å². The van der Waals surface area contributed by atoms with E-state index >= 15 is 0 Å². The van der Waals surface area contributed by atoms with E-state index < -0.39 is 35.7 Å². The first kappa shape index (κ1) is 16.4. The van der Waals surface area contributed by atoms with Gasteiger partial charge in [-0.1, -0.05) is 0 Å². The van der Waals surface area contributed by atoms with Gasteiger partial charge in [-0.2, -0.15) is 0 Å². The molecule has 0 aromatic carbocycles. The van der Waals surface area contributed by atoms with Gasteiger partial charge in [0.2, 0.25) is 0 Å². The number of hydrogen-bond donors (Lipinski definition) is 0. The third-order valence-electron chi connectivity index (χ3n) is 2.66. The van der Waals surface area contributed by atoms with Gasteiger partial charge >= 0.3 is 35.7 Å². The fourth-order valence-electron chi connectivity index (χ4n) is 2.13. The Hall–Kier alpha value is 0.378. The normalized spacial score (nSPS) is 36.8. The maximum absolute atomic E-state index is 11.1. The van der Waals surface area contributed by atoms with Crippen LogP contribution in [0.15, 0.2) is 0 Å². The van der Waals surface area contributed by atoms with Gasteiger partial charge in [-0.3, -0.25) is 0 Å². The zero-order valence-corrected chi connectivity index (χ0v) is 16.4. The van der Waals surface area contributed by atoms with Gasteiger partial charge in [-0.05, 0) is 45.7 Å². The van der Waals surface area contributed by atoms with E-state index in [4.69, 9.17) is 16.5 Å². The quantitative estimate of drug-likeness (QED) is 0.737. The minimum Gasteiger partial charge on any atom is -0.418 e. The molecule has 0 amide bonds. The van der Waals surface area contributed by atoms with Crippen LogP contribution in [0, 0.1) is 0 Å². The van der Waals surface area contributed by atoms with Crippen LogP contribution >= 0.6 is 0 Å². The average Bonchev–Trinajstić information content (AvgIpc) is 2.09. The van der Waals surface area contributed by atoms with Crippen LogP contribution < -0.4 is 0 Å². The third-order valence-corrected chi connectivity index (χ3v) is 17.7. The highest BCUT2D eigenvalue weighted by atomic mass is 28.5. The maximum atomic E-state index is 11.1. The van der Waals surface area contributed by atoms with E-state index in [2.05, 4.69) is 0 Å². The van der Waals surface area contributed by atoms with Gasteiger partial charge in [0.25, 0.3) is 0 Å². The number of ketones is 1. The molecule has 0 spiro atoms. The lowest BCUT2D eigenvalue weighted by molar-refractivity contribution is -0.116. The molecule has 0 aromatic heterocycles. The maximum Gasteiger partial charge on any atom is 0.317 e. The van der Waals surface area contributed by atoms with Crippen LogP contribution in [0.1, 0.15) is 13.3 Å². The fourth-order valence-corrected chi connectivity index (χ4v) is 18.6. The van der Waals surface area contributed by atoms with Gasteiger partial charge in [0.05, 0.1) is 0 Å². The summed E-state index contributed by atoms with van der Waals surface area (Å²) >= 11 is 0. The molecule has 106 valence electrons. The Bertz CT molecular complexity index is 295. The number of carbonyl (C=O) groups excluding carboxylic acids is 1. The minimum absolute atomic E-state index is 0.179. The molecule has 9 heteroatoms. The number of carbonyl (C=O) groups is 1. The lowest BCUT2D eigenvalue weighted by Gasteiger charge is -2.40. The summed E-state index contributed by atoms with van der Waals surface area (Å²) in [5.41, 5.74) is 0. The van der Waals surface area contributed by atoms with Crippen molar-refractivity contribution in [3.8, 4) is 0 Å². The number of hydrogen-bond acceptors (Lipinski definition) is 5. The Labute approximate surface area is 115 Å². The molecule has 0 bridgehead atoms. The molecular weight excluding hydrogens is 300 g/mol. The highest BCUT2D eigenvalue weighted by Crippen LogP contribution is 2.24. The summed E-state index contributed by atoms with van der Waals surface area (Å²) in [5, 5.41) is 0. The summed E-state index contributed by atoms with van der Waals surface area (Å²) in [7, 11) is -7.82. The molecule has 1 rings (SSSR count). The monoisotopic (exact) mass is 324 g/mol. The Morgan fingerprint density at radius 1 is 1.00 bits per heavy atom. The zero-order valence-electron chi connectivity index (χ0n) is 12.1. The smallest absolute Gasteiger partial charge is 0.317 e. The molecule has 1 fully saturated rings. The molecule has 2 unspecified atom stereocenters. The molecule has 1 heterocycles. The summed E-state index contributed by atoms with van der Waals surface area (Å²) in [6.45, 7) is 11.7. The molecule has 5 nitrogen and oxygen atoms in total. The van der Waals surface area contributed by atoms with Gasteiger partial charge < -0.3 is 21.3 Å². The van der Waals surface area contributed by atoms with Crippen molar-refractivity contribution < 1.29 is 21.3 Å². The van der Waals surface area contributed by atoms with Gasteiger partial charge in [0.1, 0.15) is 5.78 Å². The highest BCUT2D eigenvalue weighted by Gasteiger charge is 2.42. The molecule has 2 atom stereocenters. The van der Waals surface area contributed by atoms with Crippen LogP contribution in [0.4, 0.5) is 0 Å². The Kier molecular flexibility index (Phi) is 5.68. The van der Waals surface area contributed by atoms with Crippen LogP contribution in [-0.2, 0) is 21.3 Å². The fraction of sp³-hybridized carbons (Fsp3) is 0.889. The first-order valence-corrected chi connectivity index (χ1v) is 15.9. The number of rotatable bonds is 3. The second-order valence-electron chi connectivity index (χ2n) is 5.34. The predicted molar refractivity (Wildman–Crippen MR) is 79.6 cm³/mol. The van der Waals surface area contributed by atoms with E-state index in [0.717, 1.165) is 0 Å². The van der Waals surface area contributed by atoms with Crippen molar-refractivity contribution in [2.75, 3.05) is 0 Å². The minimum atomic E-state index is -2.30. The van der Waals surface area contributed by atoms with Gasteiger partial charge in [-0.25, -0.2) is 0 Å². The molecule has 0 saturated carbocycles. The second kappa shape index (κ2) is 6.22. The van der Waals surface area contributed by atoms with Gasteiger partial charge in [-0.15, -0.1) is 0 Å². The van der Waals surface area contributed by atoms with Crippen molar-refractivity contribution in [2.45, 2.75) is 52.1 Å². The van der Waals surface area contributed by atoms with Gasteiger partial charge in [0.15, 0.2) is 0 Å². The van der Waals surface area contributed by atoms with Crippen LogP contribution in [0.2, 0.25) is 38.8 Å². The van der Waals surface area contributed by atoms with E-state index in [0.29, 0.717) is 12.5 Å². The average molecular weight is 325 g/mol. The molecule has 1 saturated heterocycles. The standard InChI is InChI=1S/C9H24O5Si4/c1-9(10)7-8-18(6)13-15(2)11-17(4,5)12-16(3)14-18/h15-16H,7-8H2,1-6H3. The SMILES string of the molecule is CC(=O)CC[Si]1(C)O[SiH](C)O[Si](C)(C)O[SiH](C)O1.